The summed E-state index contributed by atoms with van der Waals surface area (Å²) in [6.45, 7) is 1.13. The van der Waals surface area contributed by atoms with Crippen molar-refractivity contribution >= 4 is 10.8 Å². The van der Waals surface area contributed by atoms with Crippen molar-refractivity contribution in [3.8, 4) is 11.5 Å². The van der Waals surface area contributed by atoms with Crippen LogP contribution in [0, 0.1) is 0 Å². The van der Waals surface area contributed by atoms with Crippen LogP contribution in [0.2, 0.25) is 0 Å². The van der Waals surface area contributed by atoms with Crippen LogP contribution >= 0.6 is 0 Å². The number of hydrogen-bond donors (Lipinski definition) is 1. The highest BCUT2D eigenvalue weighted by atomic mass is 16.5. The van der Waals surface area contributed by atoms with Gasteiger partial charge in [0.1, 0.15) is 6.61 Å². The minimum absolute atomic E-state index is 0.508. The molecule has 0 unspecified atom stereocenters. The van der Waals surface area contributed by atoms with Gasteiger partial charge >= 0.3 is 0 Å². The smallest absolute Gasteiger partial charge is 0.161 e. The van der Waals surface area contributed by atoms with E-state index in [1.165, 1.54) is 10.8 Å². The van der Waals surface area contributed by atoms with Gasteiger partial charge in [-0.25, -0.2) is 0 Å². The first kappa shape index (κ1) is 15.4. The van der Waals surface area contributed by atoms with E-state index in [0.717, 1.165) is 29.0 Å². The highest BCUT2D eigenvalue weighted by Crippen LogP contribution is 2.29. The van der Waals surface area contributed by atoms with Crippen molar-refractivity contribution in [2.24, 2.45) is 5.73 Å². The zero-order valence-electron chi connectivity index (χ0n) is 13.3. The van der Waals surface area contributed by atoms with Crippen LogP contribution in [-0.2, 0) is 13.0 Å². The minimum atomic E-state index is 0.508. The maximum atomic E-state index is 6.00. The van der Waals surface area contributed by atoms with Crippen molar-refractivity contribution in [2.45, 2.75) is 13.0 Å². The molecule has 0 aliphatic carbocycles. The molecular weight excluding hydrogens is 286 g/mol. The van der Waals surface area contributed by atoms with Gasteiger partial charge in [0.05, 0.1) is 7.11 Å². The van der Waals surface area contributed by atoms with Crippen molar-refractivity contribution in [3.63, 3.8) is 0 Å². The van der Waals surface area contributed by atoms with E-state index in [0.29, 0.717) is 13.2 Å². The Labute approximate surface area is 136 Å². The predicted molar refractivity (Wildman–Crippen MR) is 94.0 cm³/mol. The number of fused-ring (bicyclic) bond motifs is 1. The molecule has 118 valence electrons. The number of benzene rings is 3. The van der Waals surface area contributed by atoms with Gasteiger partial charge in [-0.05, 0) is 47.0 Å². The van der Waals surface area contributed by atoms with Crippen LogP contribution in [0.25, 0.3) is 10.8 Å². The monoisotopic (exact) mass is 307 g/mol. The standard InChI is InChI=1S/C20H21NO2/c1-22-20-13-15(11-12-21)9-10-19(20)23-14-17-7-4-6-16-5-2-3-8-18(16)17/h2-10,13H,11-12,14,21H2,1H3. The molecule has 0 aliphatic heterocycles. The average molecular weight is 307 g/mol. The van der Waals surface area contributed by atoms with E-state index < -0.39 is 0 Å². The quantitative estimate of drug-likeness (QED) is 0.750. The highest BCUT2D eigenvalue weighted by molar-refractivity contribution is 5.85. The molecule has 0 heterocycles. The molecule has 0 spiro atoms. The van der Waals surface area contributed by atoms with E-state index in [4.69, 9.17) is 15.2 Å². The van der Waals surface area contributed by atoms with E-state index in [2.05, 4.69) is 30.3 Å². The lowest BCUT2D eigenvalue weighted by Crippen LogP contribution is -2.03. The predicted octanol–water partition coefficient (Wildman–Crippen LogP) is 3.93. The van der Waals surface area contributed by atoms with Gasteiger partial charge in [-0.3, -0.25) is 0 Å². The number of methoxy groups -OCH3 is 1. The number of hydrogen-bond acceptors (Lipinski definition) is 3. The molecule has 0 amide bonds. The Balaban J connectivity index is 1.82. The molecule has 2 N–H and O–H groups in total. The van der Waals surface area contributed by atoms with Crippen LogP contribution < -0.4 is 15.2 Å². The summed E-state index contributed by atoms with van der Waals surface area (Å²) in [5.74, 6) is 1.50. The van der Waals surface area contributed by atoms with Gasteiger partial charge < -0.3 is 15.2 Å². The van der Waals surface area contributed by atoms with Gasteiger partial charge in [0.15, 0.2) is 11.5 Å². The molecule has 0 saturated heterocycles. The second-order valence-corrected chi connectivity index (χ2v) is 5.45. The van der Waals surface area contributed by atoms with E-state index in [1.807, 2.05) is 30.3 Å². The molecule has 0 fully saturated rings. The normalized spacial score (nSPS) is 10.7. The summed E-state index contributed by atoms with van der Waals surface area (Å²) in [7, 11) is 1.66. The Bertz CT molecular complexity index is 793. The second kappa shape index (κ2) is 7.16. The highest BCUT2D eigenvalue weighted by Gasteiger charge is 2.07. The second-order valence-electron chi connectivity index (χ2n) is 5.45. The molecule has 0 atom stereocenters. The minimum Gasteiger partial charge on any atom is -0.493 e. The van der Waals surface area contributed by atoms with Crippen LogP contribution in [0.4, 0.5) is 0 Å². The lowest BCUT2D eigenvalue weighted by molar-refractivity contribution is 0.285. The first-order valence-corrected chi connectivity index (χ1v) is 7.78. The molecule has 23 heavy (non-hydrogen) atoms. The molecular formula is C20H21NO2. The van der Waals surface area contributed by atoms with Crippen molar-refractivity contribution in [1.29, 1.82) is 0 Å². The topological polar surface area (TPSA) is 44.5 Å². The summed E-state index contributed by atoms with van der Waals surface area (Å²) in [6, 6.07) is 20.6. The van der Waals surface area contributed by atoms with E-state index in [-0.39, 0.29) is 0 Å². The molecule has 0 aliphatic rings. The van der Waals surface area contributed by atoms with Gasteiger partial charge in [-0.1, -0.05) is 48.5 Å². The Morgan fingerprint density at radius 1 is 0.913 bits per heavy atom. The van der Waals surface area contributed by atoms with Crippen LogP contribution in [0.15, 0.2) is 60.7 Å². The van der Waals surface area contributed by atoms with Crippen LogP contribution in [0.1, 0.15) is 11.1 Å². The summed E-state index contributed by atoms with van der Waals surface area (Å²) >= 11 is 0. The van der Waals surface area contributed by atoms with E-state index in [9.17, 15) is 0 Å². The summed E-state index contributed by atoms with van der Waals surface area (Å²) in [5, 5.41) is 2.44. The van der Waals surface area contributed by atoms with Crippen molar-refractivity contribution in [2.75, 3.05) is 13.7 Å². The molecule has 0 bridgehead atoms. The number of nitrogens with two attached hydrogens (primary N) is 1. The average Bonchev–Trinajstić information content (AvgIpc) is 2.60. The van der Waals surface area contributed by atoms with Gasteiger partial charge in [0.2, 0.25) is 0 Å². The molecule has 3 aromatic rings. The maximum Gasteiger partial charge on any atom is 0.161 e. The Morgan fingerprint density at radius 2 is 1.74 bits per heavy atom. The molecule has 3 nitrogen and oxygen atoms in total. The maximum absolute atomic E-state index is 6.00. The summed E-state index contributed by atoms with van der Waals surface area (Å²) < 4.78 is 11.4. The first-order valence-electron chi connectivity index (χ1n) is 7.78. The van der Waals surface area contributed by atoms with Crippen LogP contribution in [0.3, 0.4) is 0 Å². The first-order chi connectivity index (χ1) is 11.3. The summed E-state index contributed by atoms with van der Waals surface area (Å²) in [6.07, 6.45) is 0.833. The molecule has 3 aromatic carbocycles. The fourth-order valence-corrected chi connectivity index (χ4v) is 2.73. The SMILES string of the molecule is COc1cc(CCN)ccc1OCc1cccc2ccccc12. The van der Waals surface area contributed by atoms with E-state index >= 15 is 0 Å². The van der Waals surface area contributed by atoms with Gasteiger partial charge in [0.25, 0.3) is 0 Å². The Hall–Kier alpha value is -2.52. The van der Waals surface area contributed by atoms with Crippen molar-refractivity contribution in [3.05, 3.63) is 71.8 Å². The van der Waals surface area contributed by atoms with Crippen LogP contribution in [-0.4, -0.2) is 13.7 Å². The molecule has 3 rings (SSSR count). The van der Waals surface area contributed by atoms with Crippen molar-refractivity contribution in [1.82, 2.24) is 0 Å². The molecule has 0 saturated carbocycles. The zero-order chi connectivity index (χ0) is 16.1. The lowest BCUT2D eigenvalue weighted by Gasteiger charge is -2.13. The Morgan fingerprint density at radius 3 is 2.57 bits per heavy atom. The van der Waals surface area contributed by atoms with Crippen molar-refractivity contribution < 1.29 is 9.47 Å². The van der Waals surface area contributed by atoms with Gasteiger partial charge in [-0.2, -0.15) is 0 Å². The molecule has 0 aromatic heterocycles. The lowest BCUT2D eigenvalue weighted by atomic mass is 10.1. The fourth-order valence-electron chi connectivity index (χ4n) is 2.73. The third kappa shape index (κ3) is 3.46. The van der Waals surface area contributed by atoms with Gasteiger partial charge in [-0.15, -0.1) is 0 Å². The largest absolute Gasteiger partial charge is 0.493 e. The van der Waals surface area contributed by atoms with Gasteiger partial charge in [0, 0.05) is 0 Å². The van der Waals surface area contributed by atoms with Crippen LogP contribution in [0.5, 0.6) is 11.5 Å². The molecule has 3 heteroatoms. The fraction of sp³-hybridized carbons (Fsp3) is 0.200. The summed E-state index contributed by atoms with van der Waals surface area (Å²) in [5.41, 5.74) is 7.92. The third-order valence-electron chi connectivity index (χ3n) is 3.92. The Kier molecular flexibility index (Phi) is 4.79. The van der Waals surface area contributed by atoms with E-state index in [1.54, 1.807) is 7.11 Å². The number of ether oxygens (including phenoxy) is 2. The third-order valence-corrected chi connectivity index (χ3v) is 3.92. The zero-order valence-corrected chi connectivity index (χ0v) is 13.3. The number of rotatable bonds is 6. The molecule has 0 radical (unpaired) electrons. The summed E-state index contributed by atoms with van der Waals surface area (Å²) in [4.78, 5) is 0.